The first kappa shape index (κ1) is 14.9. The molecule has 0 aliphatic rings. The molecule has 3 rings (SSSR count). The van der Waals surface area contributed by atoms with E-state index < -0.39 is 0 Å². The van der Waals surface area contributed by atoms with Gasteiger partial charge in [0.1, 0.15) is 5.82 Å². The number of benzene rings is 2. The quantitative estimate of drug-likeness (QED) is 0.774. The second-order valence-electron chi connectivity index (χ2n) is 4.82. The number of para-hydroxylation sites is 2. The summed E-state index contributed by atoms with van der Waals surface area (Å²) < 4.78 is 13.7. The van der Waals surface area contributed by atoms with E-state index in [0.717, 1.165) is 12.2 Å². The Morgan fingerprint density at radius 3 is 2.52 bits per heavy atom. The third-order valence-corrected chi connectivity index (χ3v) is 3.33. The van der Waals surface area contributed by atoms with Crippen molar-refractivity contribution >= 4 is 23.1 Å². The van der Waals surface area contributed by atoms with Gasteiger partial charge in [0.05, 0.1) is 11.9 Å². The van der Waals surface area contributed by atoms with Crippen LogP contribution in [0.15, 0.2) is 60.8 Å². The monoisotopic (exact) mass is 309 g/mol. The first-order valence-corrected chi connectivity index (χ1v) is 7.32. The highest BCUT2D eigenvalue weighted by atomic mass is 19.1. The lowest BCUT2D eigenvalue weighted by Gasteiger charge is -2.21. The van der Waals surface area contributed by atoms with Crippen LogP contribution < -0.4 is 10.2 Å². The lowest BCUT2D eigenvalue weighted by Crippen LogP contribution is -2.18. The first-order valence-electron chi connectivity index (χ1n) is 7.32. The smallest absolute Gasteiger partial charge is 0.249 e. The van der Waals surface area contributed by atoms with Crippen LogP contribution in [0.1, 0.15) is 6.92 Å². The van der Waals surface area contributed by atoms with E-state index in [9.17, 15) is 4.39 Å². The molecule has 0 spiro atoms. The van der Waals surface area contributed by atoms with Crippen molar-refractivity contribution in [3.05, 3.63) is 66.6 Å². The molecule has 0 atom stereocenters. The summed E-state index contributed by atoms with van der Waals surface area (Å²) >= 11 is 0. The second kappa shape index (κ2) is 6.83. The maximum Gasteiger partial charge on any atom is 0.249 e. The van der Waals surface area contributed by atoms with E-state index in [1.54, 1.807) is 24.4 Å². The van der Waals surface area contributed by atoms with Gasteiger partial charge in [-0.05, 0) is 31.2 Å². The van der Waals surface area contributed by atoms with Gasteiger partial charge in [0.2, 0.25) is 5.95 Å². The van der Waals surface area contributed by atoms with Crippen molar-refractivity contribution in [2.24, 2.45) is 0 Å². The van der Waals surface area contributed by atoms with Gasteiger partial charge in [0, 0.05) is 12.2 Å². The van der Waals surface area contributed by atoms with Crippen molar-refractivity contribution in [1.29, 1.82) is 0 Å². The molecule has 3 aromatic rings. The van der Waals surface area contributed by atoms with Gasteiger partial charge >= 0.3 is 0 Å². The Labute approximate surface area is 133 Å². The summed E-state index contributed by atoms with van der Waals surface area (Å²) in [6.07, 6.45) is 1.59. The number of hydrogen-bond acceptors (Lipinski definition) is 5. The van der Waals surface area contributed by atoms with Gasteiger partial charge < -0.3 is 10.2 Å². The summed E-state index contributed by atoms with van der Waals surface area (Å²) in [7, 11) is 0. The fourth-order valence-electron chi connectivity index (χ4n) is 2.25. The van der Waals surface area contributed by atoms with E-state index in [4.69, 9.17) is 0 Å². The van der Waals surface area contributed by atoms with Gasteiger partial charge in [-0.15, -0.1) is 5.10 Å². The average Bonchev–Trinajstić information content (AvgIpc) is 2.59. The van der Waals surface area contributed by atoms with Gasteiger partial charge in [-0.3, -0.25) is 0 Å². The minimum Gasteiger partial charge on any atom is -0.325 e. The SMILES string of the molecule is CCN(c1ccccc1)c1cnnc(Nc2ccccc2F)n1. The number of nitrogens with zero attached hydrogens (tertiary/aromatic N) is 4. The summed E-state index contributed by atoms with van der Waals surface area (Å²) in [5.41, 5.74) is 1.32. The van der Waals surface area contributed by atoms with Crippen molar-refractivity contribution in [2.75, 3.05) is 16.8 Å². The molecule has 1 aromatic heterocycles. The van der Waals surface area contributed by atoms with Crippen LogP contribution in [0.25, 0.3) is 0 Å². The molecule has 0 fully saturated rings. The third kappa shape index (κ3) is 3.42. The van der Waals surface area contributed by atoms with E-state index >= 15 is 0 Å². The second-order valence-corrected chi connectivity index (χ2v) is 4.82. The van der Waals surface area contributed by atoms with Gasteiger partial charge in [0.25, 0.3) is 0 Å². The van der Waals surface area contributed by atoms with E-state index in [-0.39, 0.29) is 11.8 Å². The number of anilines is 4. The molecule has 5 nitrogen and oxygen atoms in total. The molecule has 0 saturated carbocycles. The highest BCUT2D eigenvalue weighted by Gasteiger charge is 2.11. The zero-order valence-corrected chi connectivity index (χ0v) is 12.6. The molecule has 0 bridgehead atoms. The van der Waals surface area contributed by atoms with Crippen LogP contribution in [-0.4, -0.2) is 21.7 Å². The first-order chi connectivity index (χ1) is 11.3. The van der Waals surface area contributed by atoms with Crippen LogP contribution >= 0.6 is 0 Å². The normalized spacial score (nSPS) is 10.3. The molecule has 1 N–H and O–H groups in total. The van der Waals surface area contributed by atoms with Crippen LogP contribution in [0.2, 0.25) is 0 Å². The molecular formula is C17H16FN5. The van der Waals surface area contributed by atoms with Crippen LogP contribution in [0, 0.1) is 5.82 Å². The Kier molecular flexibility index (Phi) is 4.42. The van der Waals surface area contributed by atoms with Gasteiger partial charge in [-0.25, -0.2) is 4.39 Å². The van der Waals surface area contributed by atoms with Gasteiger partial charge in [0.15, 0.2) is 5.82 Å². The van der Waals surface area contributed by atoms with Crippen LogP contribution in [0.3, 0.4) is 0 Å². The Hall–Kier alpha value is -3.02. The van der Waals surface area contributed by atoms with Crippen LogP contribution in [-0.2, 0) is 0 Å². The molecule has 23 heavy (non-hydrogen) atoms. The van der Waals surface area contributed by atoms with Crippen LogP contribution in [0.5, 0.6) is 0 Å². The lowest BCUT2D eigenvalue weighted by molar-refractivity contribution is 0.631. The number of hydrogen-bond donors (Lipinski definition) is 1. The zero-order chi connectivity index (χ0) is 16.1. The van der Waals surface area contributed by atoms with E-state index in [1.807, 2.05) is 42.2 Å². The summed E-state index contributed by atoms with van der Waals surface area (Å²) in [6, 6.07) is 16.2. The molecule has 1 heterocycles. The van der Waals surface area contributed by atoms with Crippen molar-refractivity contribution in [1.82, 2.24) is 15.2 Å². The third-order valence-electron chi connectivity index (χ3n) is 3.33. The molecule has 116 valence electrons. The van der Waals surface area contributed by atoms with Crippen molar-refractivity contribution in [3.8, 4) is 0 Å². The topological polar surface area (TPSA) is 53.9 Å². The average molecular weight is 309 g/mol. The van der Waals surface area contributed by atoms with Crippen molar-refractivity contribution < 1.29 is 4.39 Å². The molecule has 0 amide bonds. The molecule has 6 heteroatoms. The molecule has 0 aliphatic carbocycles. The predicted octanol–water partition coefficient (Wildman–Crippen LogP) is 3.91. The summed E-state index contributed by atoms with van der Waals surface area (Å²) in [6.45, 7) is 2.75. The van der Waals surface area contributed by atoms with E-state index in [1.165, 1.54) is 6.07 Å². The summed E-state index contributed by atoms with van der Waals surface area (Å²) in [5.74, 6) is 0.534. The van der Waals surface area contributed by atoms with Crippen molar-refractivity contribution in [3.63, 3.8) is 0 Å². The molecule has 0 aliphatic heterocycles. The minimum absolute atomic E-state index is 0.252. The Bertz CT molecular complexity index is 779. The van der Waals surface area contributed by atoms with E-state index in [0.29, 0.717) is 11.5 Å². The molecule has 0 saturated heterocycles. The van der Waals surface area contributed by atoms with Gasteiger partial charge in [-0.1, -0.05) is 30.3 Å². The predicted molar refractivity (Wildman–Crippen MR) is 88.6 cm³/mol. The maximum atomic E-state index is 13.7. The standard InChI is InChI=1S/C17H16FN5/c1-2-23(13-8-4-3-5-9-13)16-12-19-22-17(21-16)20-15-11-7-6-10-14(15)18/h3-12H,2H2,1H3,(H,20,21,22). The Morgan fingerprint density at radius 1 is 1.04 bits per heavy atom. The van der Waals surface area contributed by atoms with Crippen LogP contribution in [0.4, 0.5) is 27.5 Å². The minimum atomic E-state index is -0.364. The number of rotatable bonds is 5. The zero-order valence-electron chi connectivity index (χ0n) is 12.6. The summed E-state index contributed by atoms with van der Waals surface area (Å²) in [5, 5.41) is 10.7. The molecular weight excluding hydrogens is 293 g/mol. The van der Waals surface area contributed by atoms with Gasteiger partial charge in [-0.2, -0.15) is 10.1 Å². The number of aromatic nitrogens is 3. The molecule has 2 aromatic carbocycles. The van der Waals surface area contributed by atoms with Crippen molar-refractivity contribution in [2.45, 2.75) is 6.92 Å². The lowest BCUT2D eigenvalue weighted by atomic mass is 10.3. The number of nitrogens with one attached hydrogen (secondary N) is 1. The highest BCUT2D eigenvalue weighted by molar-refractivity contribution is 5.61. The largest absolute Gasteiger partial charge is 0.325 e. The summed E-state index contributed by atoms with van der Waals surface area (Å²) in [4.78, 5) is 6.43. The highest BCUT2D eigenvalue weighted by Crippen LogP contribution is 2.23. The fourth-order valence-corrected chi connectivity index (χ4v) is 2.25. The Balaban J connectivity index is 1.89. The molecule has 0 radical (unpaired) electrons. The molecule has 0 unspecified atom stereocenters. The Morgan fingerprint density at radius 2 is 1.78 bits per heavy atom. The van der Waals surface area contributed by atoms with E-state index in [2.05, 4.69) is 20.5 Å². The fraction of sp³-hybridized carbons (Fsp3) is 0.118. The maximum absolute atomic E-state index is 13.7. The number of halogens is 1.